The maximum Gasteiger partial charge on any atom is 0.310 e. The van der Waals surface area contributed by atoms with E-state index >= 15 is 0 Å². The van der Waals surface area contributed by atoms with Crippen molar-refractivity contribution in [3.8, 4) is 0 Å². The van der Waals surface area contributed by atoms with Crippen LogP contribution in [0.3, 0.4) is 0 Å². The summed E-state index contributed by atoms with van der Waals surface area (Å²) in [5.41, 5.74) is 4.22. The molecule has 0 aliphatic heterocycles. The van der Waals surface area contributed by atoms with Gasteiger partial charge in [0.25, 0.3) is 0 Å². The van der Waals surface area contributed by atoms with Gasteiger partial charge >= 0.3 is 5.97 Å². The van der Waals surface area contributed by atoms with Crippen LogP contribution in [0.1, 0.15) is 23.6 Å². The van der Waals surface area contributed by atoms with Crippen molar-refractivity contribution in [3.63, 3.8) is 0 Å². The average Bonchev–Trinajstić information content (AvgIpc) is 2.19. The van der Waals surface area contributed by atoms with E-state index in [1.807, 2.05) is 32.9 Å². The van der Waals surface area contributed by atoms with Crippen LogP contribution in [0.15, 0.2) is 12.1 Å². The van der Waals surface area contributed by atoms with Crippen molar-refractivity contribution in [1.29, 1.82) is 0 Å². The van der Waals surface area contributed by atoms with E-state index in [0.717, 1.165) is 22.3 Å². The fraction of sp³-hybridized carbons (Fsp3) is 0.462. The Balaban J connectivity index is 2.71. The lowest BCUT2D eigenvalue weighted by Crippen LogP contribution is -2.14. The van der Waals surface area contributed by atoms with E-state index in [0.29, 0.717) is 0 Å². The number of rotatable bonds is 4. The van der Waals surface area contributed by atoms with Crippen LogP contribution in [0.5, 0.6) is 0 Å². The molecule has 0 atom stereocenters. The predicted molar refractivity (Wildman–Crippen MR) is 70.8 cm³/mol. The highest BCUT2D eigenvalue weighted by Gasteiger charge is 2.11. The van der Waals surface area contributed by atoms with Gasteiger partial charge in [0.15, 0.2) is 0 Å². The fourth-order valence-corrected chi connectivity index (χ4v) is 1.93. The molecule has 0 aliphatic rings. The number of halogens is 2. The molecule has 0 saturated carbocycles. The molecule has 0 heterocycles. The fourth-order valence-electron chi connectivity index (χ4n) is 1.82. The summed E-state index contributed by atoms with van der Waals surface area (Å²) in [6.45, 7) is 5.59. The van der Waals surface area contributed by atoms with Crippen LogP contribution in [0.4, 0.5) is 0 Å². The minimum absolute atomic E-state index is 0.168. The molecule has 0 bridgehead atoms. The zero-order chi connectivity index (χ0) is 13.9. The van der Waals surface area contributed by atoms with E-state index in [9.17, 15) is 4.79 Å². The Kier molecular flexibility index (Phi) is 4.69. The van der Waals surface area contributed by atoms with Gasteiger partial charge in [-0.25, -0.2) is 0 Å². The zero-order valence-corrected chi connectivity index (χ0v) is 11.7. The topological polar surface area (TPSA) is 26.3 Å². The van der Waals surface area contributed by atoms with E-state index in [2.05, 4.69) is 0 Å². The van der Waals surface area contributed by atoms with Gasteiger partial charge in [-0.05, 0) is 37.5 Å². The van der Waals surface area contributed by atoms with Gasteiger partial charge in [0, 0.05) is 0 Å². The molecule has 1 aromatic carbocycles. The van der Waals surface area contributed by atoms with Gasteiger partial charge < -0.3 is 4.74 Å². The molecule has 94 valence electrons. The Hall–Kier alpha value is -0.730. The van der Waals surface area contributed by atoms with Gasteiger partial charge in [0.2, 0.25) is 0 Å². The Morgan fingerprint density at radius 1 is 1.35 bits per heavy atom. The number of esters is 1. The van der Waals surface area contributed by atoms with Crippen LogP contribution < -0.4 is 0 Å². The van der Waals surface area contributed by atoms with Gasteiger partial charge in [-0.15, -0.1) is 23.2 Å². The van der Waals surface area contributed by atoms with Gasteiger partial charge in [-0.2, -0.15) is 0 Å². The Bertz CT molecular complexity index is 430. The molecule has 0 spiro atoms. The molecule has 1 aromatic rings. The number of benzene rings is 1. The summed E-state index contributed by atoms with van der Waals surface area (Å²) in [5.74, 6) is -0.428. The summed E-state index contributed by atoms with van der Waals surface area (Å²) in [5, 5.41) is 0. The second-order valence-electron chi connectivity index (χ2n) is 4.05. The Morgan fingerprint density at radius 3 is 2.35 bits per heavy atom. The first-order valence-corrected chi connectivity index (χ1v) is 6.05. The molecule has 0 aromatic heterocycles. The molecular formula is C13H16Cl2O2. The molecule has 0 amide bonds. The summed E-state index contributed by atoms with van der Waals surface area (Å²) in [4.78, 5) is 9.84. The number of alkyl halides is 2. The smallest absolute Gasteiger partial charge is 0.310 e. The molecule has 0 unspecified atom stereocenters. The highest BCUT2D eigenvalue weighted by atomic mass is 35.5. The van der Waals surface area contributed by atoms with Crippen molar-refractivity contribution in [2.24, 2.45) is 0 Å². The van der Waals surface area contributed by atoms with E-state index in [1.54, 1.807) is 0 Å². The lowest BCUT2D eigenvalue weighted by molar-refractivity contribution is -0.142. The van der Waals surface area contributed by atoms with Gasteiger partial charge in [-0.1, -0.05) is 17.7 Å². The van der Waals surface area contributed by atoms with Crippen molar-refractivity contribution in [2.45, 2.75) is 32.0 Å². The predicted octanol–water partition coefficient (Wildman–Crippen LogP) is 3.50. The lowest BCUT2D eigenvalue weighted by atomic mass is 9.97. The largest absolute Gasteiger partial charge is 0.463 e. The van der Waals surface area contributed by atoms with Crippen molar-refractivity contribution in [3.05, 3.63) is 34.4 Å². The van der Waals surface area contributed by atoms with Crippen LogP contribution in [0.2, 0.25) is 0 Å². The molecule has 4 heteroatoms. The van der Waals surface area contributed by atoms with E-state index in [-0.39, 0.29) is 13.0 Å². The number of hydrogen-bond acceptors (Lipinski definition) is 2. The molecule has 0 N–H and O–H groups in total. The van der Waals surface area contributed by atoms with Crippen LogP contribution in [0.25, 0.3) is 0 Å². The quantitative estimate of drug-likeness (QED) is 0.621. The van der Waals surface area contributed by atoms with Crippen molar-refractivity contribution >= 4 is 29.2 Å². The lowest BCUT2D eigenvalue weighted by Gasteiger charge is -2.11. The second-order valence-corrected chi connectivity index (χ2v) is 5.16. The molecule has 17 heavy (non-hydrogen) atoms. The molecule has 1 rings (SSSR count). The number of aryl methyl sites for hydroxylation is 3. The number of hydrogen-bond donors (Lipinski definition) is 0. The van der Waals surface area contributed by atoms with E-state index < -0.39 is 10.8 Å². The van der Waals surface area contributed by atoms with Crippen LogP contribution >= 0.6 is 23.2 Å². The number of carbonyl (C=O) groups is 1. The van der Waals surface area contributed by atoms with Crippen molar-refractivity contribution in [1.82, 2.24) is 0 Å². The van der Waals surface area contributed by atoms with Crippen molar-refractivity contribution in [2.75, 3.05) is 6.61 Å². The highest BCUT2D eigenvalue weighted by molar-refractivity contribution is 6.44. The summed E-state index contributed by atoms with van der Waals surface area (Å²) in [7, 11) is 0. The SMILES string of the molecule is [2H]C(Cl)(Cl)COC(=O)Cc1c(C)cc(C)cc1C. The maximum atomic E-state index is 11.6. The molecule has 2 nitrogen and oxygen atoms in total. The average molecular weight is 276 g/mol. The van der Waals surface area contributed by atoms with Crippen molar-refractivity contribution < 1.29 is 10.9 Å². The Morgan fingerprint density at radius 2 is 1.88 bits per heavy atom. The van der Waals surface area contributed by atoms with Crippen LogP contribution in [-0.2, 0) is 16.0 Å². The summed E-state index contributed by atoms with van der Waals surface area (Å²) < 4.78 is 12.0. The molecule has 0 radical (unpaired) electrons. The Labute approximate surface area is 113 Å². The molecule has 0 fully saturated rings. The van der Waals surface area contributed by atoms with Crippen LogP contribution in [0, 0.1) is 20.8 Å². The standard InChI is InChI=1S/C13H16Cl2O2/c1-8-4-9(2)11(10(3)5-8)6-13(16)17-7-12(14)15/h4-5,12H,6-7H2,1-3H3/i12D. The van der Waals surface area contributed by atoms with Crippen LogP contribution in [-0.4, -0.2) is 17.4 Å². The number of ether oxygens (including phenoxy) is 1. The van der Waals surface area contributed by atoms with E-state index in [4.69, 9.17) is 29.3 Å². The summed E-state index contributed by atoms with van der Waals surface area (Å²) in [6.07, 6.45) is 0.168. The van der Waals surface area contributed by atoms with E-state index in [1.165, 1.54) is 0 Å². The third-order valence-electron chi connectivity index (χ3n) is 2.50. The van der Waals surface area contributed by atoms with Gasteiger partial charge in [-0.3, -0.25) is 4.79 Å². The third-order valence-corrected chi connectivity index (χ3v) is 2.72. The number of carbonyl (C=O) groups excluding carboxylic acids is 1. The first-order chi connectivity index (χ1) is 8.19. The molecule has 0 aliphatic carbocycles. The third kappa shape index (κ3) is 4.57. The molecule has 0 saturated heterocycles. The summed E-state index contributed by atoms with van der Waals surface area (Å²) >= 11 is 10.8. The minimum atomic E-state index is -1.78. The van der Waals surface area contributed by atoms with Gasteiger partial charge in [0.05, 0.1) is 7.79 Å². The monoisotopic (exact) mass is 275 g/mol. The first kappa shape index (κ1) is 12.7. The highest BCUT2D eigenvalue weighted by Crippen LogP contribution is 2.17. The maximum absolute atomic E-state index is 11.6. The second kappa shape index (κ2) is 6.27. The molecular weight excluding hydrogens is 259 g/mol. The summed E-state index contributed by atoms with van der Waals surface area (Å²) in [6, 6.07) is 4.04. The minimum Gasteiger partial charge on any atom is -0.463 e. The normalized spacial score (nSPS) is 12.2. The zero-order valence-electron chi connectivity index (χ0n) is 11.1. The first-order valence-electron chi connectivity index (χ1n) is 5.79. The van der Waals surface area contributed by atoms with Gasteiger partial charge in [0.1, 0.15) is 11.4 Å².